The SMILES string of the molecule is Cc1ccc(OC(C)C(=O)Nc2ccc(NC(=O)NCc3ccco3)cc2)cc1. The van der Waals surface area contributed by atoms with Gasteiger partial charge in [0, 0.05) is 11.4 Å². The Balaban J connectivity index is 1.47. The Morgan fingerprint density at radius 2 is 1.62 bits per heavy atom. The maximum absolute atomic E-state index is 12.3. The van der Waals surface area contributed by atoms with Crippen LogP contribution in [0.2, 0.25) is 0 Å². The lowest BCUT2D eigenvalue weighted by atomic mass is 10.2. The molecular formula is C22H23N3O4. The van der Waals surface area contributed by atoms with E-state index in [0.717, 1.165) is 5.56 Å². The van der Waals surface area contributed by atoms with Gasteiger partial charge in [0.15, 0.2) is 6.10 Å². The van der Waals surface area contributed by atoms with Crippen LogP contribution >= 0.6 is 0 Å². The van der Waals surface area contributed by atoms with Crippen LogP contribution in [0.1, 0.15) is 18.2 Å². The molecule has 3 rings (SSSR count). The highest BCUT2D eigenvalue weighted by atomic mass is 16.5. The van der Waals surface area contributed by atoms with Crippen LogP contribution in [0.4, 0.5) is 16.2 Å². The fourth-order valence-corrected chi connectivity index (χ4v) is 2.51. The zero-order valence-electron chi connectivity index (χ0n) is 16.3. The zero-order chi connectivity index (χ0) is 20.6. The van der Waals surface area contributed by atoms with E-state index in [4.69, 9.17) is 9.15 Å². The summed E-state index contributed by atoms with van der Waals surface area (Å²) in [6.45, 7) is 3.97. The van der Waals surface area contributed by atoms with Crippen molar-refractivity contribution in [2.24, 2.45) is 0 Å². The molecule has 150 valence electrons. The van der Waals surface area contributed by atoms with Crippen LogP contribution in [0.15, 0.2) is 71.3 Å². The minimum absolute atomic E-state index is 0.262. The van der Waals surface area contributed by atoms with Gasteiger partial charge in [0.2, 0.25) is 0 Å². The first kappa shape index (κ1) is 20.0. The van der Waals surface area contributed by atoms with Gasteiger partial charge < -0.3 is 25.1 Å². The molecule has 0 saturated heterocycles. The van der Waals surface area contributed by atoms with Gasteiger partial charge in [-0.05, 0) is 62.4 Å². The molecule has 0 aliphatic rings. The lowest BCUT2D eigenvalue weighted by molar-refractivity contribution is -0.122. The molecular weight excluding hydrogens is 370 g/mol. The quantitative estimate of drug-likeness (QED) is 0.557. The summed E-state index contributed by atoms with van der Waals surface area (Å²) in [4.78, 5) is 24.2. The maximum Gasteiger partial charge on any atom is 0.319 e. The summed E-state index contributed by atoms with van der Waals surface area (Å²) in [6.07, 6.45) is 0.900. The number of rotatable bonds is 7. The van der Waals surface area contributed by atoms with Gasteiger partial charge in [-0.2, -0.15) is 0 Å². The Hall–Kier alpha value is -3.74. The third-order valence-electron chi connectivity index (χ3n) is 4.12. The van der Waals surface area contributed by atoms with Crippen molar-refractivity contribution in [3.05, 3.63) is 78.3 Å². The Bertz CT molecular complexity index is 935. The molecule has 2 aromatic carbocycles. The summed E-state index contributed by atoms with van der Waals surface area (Å²) >= 11 is 0. The molecule has 0 fully saturated rings. The molecule has 7 nitrogen and oxygen atoms in total. The minimum atomic E-state index is -0.650. The van der Waals surface area contributed by atoms with Gasteiger partial charge in [-0.3, -0.25) is 4.79 Å². The van der Waals surface area contributed by atoms with E-state index in [0.29, 0.717) is 29.4 Å². The summed E-state index contributed by atoms with van der Waals surface area (Å²) in [7, 11) is 0. The van der Waals surface area contributed by atoms with Gasteiger partial charge in [0.25, 0.3) is 5.91 Å². The van der Waals surface area contributed by atoms with Gasteiger partial charge in [-0.1, -0.05) is 17.7 Å². The first-order valence-corrected chi connectivity index (χ1v) is 9.21. The smallest absolute Gasteiger partial charge is 0.319 e. The zero-order valence-corrected chi connectivity index (χ0v) is 16.3. The Morgan fingerprint density at radius 3 is 2.24 bits per heavy atom. The van der Waals surface area contributed by atoms with E-state index in [-0.39, 0.29) is 11.9 Å². The average Bonchev–Trinajstić information content (AvgIpc) is 3.23. The number of hydrogen-bond donors (Lipinski definition) is 3. The summed E-state index contributed by atoms with van der Waals surface area (Å²) in [5.74, 6) is 1.04. The third-order valence-corrected chi connectivity index (χ3v) is 4.12. The number of nitrogens with one attached hydrogen (secondary N) is 3. The van der Waals surface area contributed by atoms with E-state index in [1.54, 1.807) is 49.6 Å². The Morgan fingerprint density at radius 1 is 0.966 bits per heavy atom. The number of carbonyl (C=O) groups excluding carboxylic acids is 2. The number of urea groups is 1. The molecule has 0 saturated carbocycles. The van der Waals surface area contributed by atoms with Crippen LogP contribution in [-0.4, -0.2) is 18.0 Å². The van der Waals surface area contributed by atoms with Gasteiger partial charge >= 0.3 is 6.03 Å². The van der Waals surface area contributed by atoms with Crippen LogP contribution < -0.4 is 20.7 Å². The highest BCUT2D eigenvalue weighted by Crippen LogP contribution is 2.16. The second-order valence-corrected chi connectivity index (χ2v) is 6.53. The van der Waals surface area contributed by atoms with Crippen LogP contribution in [0, 0.1) is 6.92 Å². The van der Waals surface area contributed by atoms with E-state index in [1.165, 1.54) is 0 Å². The number of amides is 3. The average molecular weight is 393 g/mol. The molecule has 0 spiro atoms. The Labute approximate surface area is 169 Å². The highest BCUT2D eigenvalue weighted by molar-refractivity contribution is 5.94. The first-order chi connectivity index (χ1) is 14.0. The Kier molecular flexibility index (Phi) is 6.52. The van der Waals surface area contributed by atoms with Gasteiger partial charge in [0.1, 0.15) is 11.5 Å². The molecule has 0 radical (unpaired) electrons. The van der Waals surface area contributed by atoms with Crippen molar-refractivity contribution < 1.29 is 18.7 Å². The molecule has 1 heterocycles. The van der Waals surface area contributed by atoms with Gasteiger partial charge in [0.05, 0.1) is 12.8 Å². The van der Waals surface area contributed by atoms with Crippen molar-refractivity contribution in [2.45, 2.75) is 26.5 Å². The number of aryl methyl sites for hydroxylation is 1. The van der Waals surface area contributed by atoms with Crippen LogP contribution in [-0.2, 0) is 11.3 Å². The van der Waals surface area contributed by atoms with Crippen LogP contribution in [0.25, 0.3) is 0 Å². The summed E-state index contributed by atoms with van der Waals surface area (Å²) < 4.78 is 10.8. The second kappa shape index (κ2) is 9.45. The largest absolute Gasteiger partial charge is 0.481 e. The van der Waals surface area contributed by atoms with Crippen molar-refractivity contribution in [1.82, 2.24) is 5.32 Å². The topological polar surface area (TPSA) is 92.6 Å². The van der Waals surface area contributed by atoms with Crippen molar-refractivity contribution in [1.29, 1.82) is 0 Å². The fraction of sp³-hybridized carbons (Fsp3) is 0.182. The molecule has 3 N–H and O–H groups in total. The van der Waals surface area contributed by atoms with Crippen molar-refractivity contribution in [2.75, 3.05) is 10.6 Å². The number of hydrogen-bond acceptors (Lipinski definition) is 4. The van der Waals surface area contributed by atoms with E-state index in [1.807, 2.05) is 31.2 Å². The maximum atomic E-state index is 12.3. The second-order valence-electron chi connectivity index (χ2n) is 6.53. The molecule has 7 heteroatoms. The van der Waals surface area contributed by atoms with Crippen molar-refractivity contribution >= 4 is 23.3 Å². The summed E-state index contributed by atoms with van der Waals surface area (Å²) in [5.41, 5.74) is 2.33. The van der Waals surface area contributed by atoms with Crippen LogP contribution in [0.3, 0.4) is 0 Å². The van der Waals surface area contributed by atoms with E-state index in [9.17, 15) is 9.59 Å². The molecule has 3 amide bonds. The minimum Gasteiger partial charge on any atom is -0.481 e. The molecule has 0 aliphatic heterocycles. The predicted octanol–water partition coefficient (Wildman–Crippen LogP) is 4.32. The van der Waals surface area contributed by atoms with E-state index >= 15 is 0 Å². The summed E-state index contributed by atoms with van der Waals surface area (Å²) in [5, 5.41) is 8.20. The van der Waals surface area contributed by atoms with Crippen molar-refractivity contribution in [3.63, 3.8) is 0 Å². The van der Waals surface area contributed by atoms with Gasteiger partial charge in [-0.15, -0.1) is 0 Å². The number of furan rings is 1. The van der Waals surface area contributed by atoms with Gasteiger partial charge in [-0.25, -0.2) is 4.79 Å². The normalized spacial score (nSPS) is 11.4. The van der Waals surface area contributed by atoms with Crippen molar-refractivity contribution in [3.8, 4) is 5.75 Å². The van der Waals surface area contributed by atoms with Crippen LogP contribution in [0.5, 0.6) is 5.75 Å². The third kappa shape index (κ3) is 6.14. The molecule has 1 atom stereocenters. The monoisotopic (exact) mass is 393 g/mol. The molecule has 0 bridgehead atoms. The lowest BCUT2D eigenvalue weighted by Gasteiger charge is -2.15. The molecule has 29 heavy (non-hydrogen) atoms. The van der Waals surface area contributed by atoms with E-state index in [2.05, 4.69) is 16.0 Å². The molecule has 3 aromatic rings. The van der Waals surface area contributed by atoms with E-state index < -0.39 is 6.10 Å². The highest BCUT2D eigenvalue weighted by Gasteiger charge is 2.15. The first-order valence-electron chi connectivity index (χ1n) is 9.21. The molecule has 0 aliphatic carbocycles. The molecule has 1 aromatic heterocycles. The lowest BCUT2D eigenvalue weighted by Crippen LogP contribution is -2.30. The summed E-state index contributed by atoms with van der Waals surface area (Å²) in [6, 6.07) is 17.5. The molecule has 1 unspecified atom stereocenters. The number of ether oxygens (including phenoxy) is 1. The standard InChI is InChI=1S/C22H23N3O4/c1-15-5-11-19(12-6-15)29-16(2)21(26)24-17-7-9-18(10-8-17)25-22(27)23-14-20-4-3-13-28-20/h3-13,16H,14H2,1-2H3,(H,24,26)(H2,23,25,27). The fourth-order valence-electron chi connectivity index (χ4n) is 2.51. The number of benzene rings is 2. The predicted molar refractivity (Wildman–Crippen MR) is 111 cm³/mol. The number of carbonyl (C=O) groups is 2. The number of anilines is 2.